The first-order chi connectivity index (χ1) is 10.1. The van der Waals surface area contributed by atoms with E-state index in [1.807, 2.05) is 24.3 Å². The summed E-state index contributed by atoms with van der Waals surface area (Å²) in [5.41, 5.74) is 0.301. The Balaban J connectivity index is 2.25. The number of halogens is 1. The number of methoxy groups -OCH3 is 1. The smallest absolute Gasteiger partial charge is 0.331 e. The Kier molecular flexibility index (Phi) is 5.65. The van der Waals surface area contributed by atoms with E-state index in [4.69, 9.17) is 4.74 Å². The minimum atomic E-state index is -0.636. The van der Waals surface area contributed by atoms with Gasteiger partial charge in [0.1, 0.15) is 5.54 Å². The molecule has 0 spiro atoms. The van der Waals surface area contributed by atoms with Crippen molar-refractivity contribution in [3.05, 3.63) is 28.7 Å². The maximum Gasteiger partial charge on any atom is 0.331 e. The number of hydrogen-bond acceptors (Lipinski definition) is 4. The van der Waals surface area contributed by atoms with Gasteiger partial charge in [0.25, 0.3) is 0 Å². The highest BCUT2D eigenvalue weighted by Crippen LogP contribution is 2.31. The zero-order chi connectivity index (χ0) is 15.3. The Labute approximate surface area is 135 Å². The minimum Gasteiger partial charge on any atom is -0.467 e. The fraction of sp³-hybridized carbons (Fsp3) is 0.562. The molecule has 0 radical (unpaired) electrons. The van der Waals surface area contributed by atoms with Crippen molar-refractivity contribution in [2.24, 2.45) is 0 Å². The molecule has 116 valence electrons. The SMILES string of the molecule is CCN1CCCC(Nc2ccccc2Br)(C(=O)OC)CC1. The van der Waals surface area contributed by atoms with Crippen LogP contribution in [0.4, 0.5) is 5.69 Å². The zero-order valence-electron chi connectivity index (χ0n) is 12.7. The lowest BCUT2D eigenvalue weighted by Gasteiger charge is -2.32. The van der Waals surface area contributed by atoms with Crippen molar-refractivity contribution in [3.8, 4) is 0 Å². The van der Waals surface area contributed by atoms with Gasteiger partial charge in [-0.2, -0.15) is 0 Å². The summed E-state index contributed by atoms with van der Waals surface area (Å²) >= 11 is 3.54. The Bertz CT molecular complexity index is 495. The van der Waals surface area contributed by atoms with Crippen LogP contribution in [-0.4, -0.2) is 43.2 Å². The highest BCUT2D eigenvalue weighted by atomic mass is 79.9. The van der Waals surface area contributed by atoms with Crippen LogP contribution < -0.4 is 5.32 Å². The molecule has 1 N–H and O–H groups in total. The lowest BCUT2D eigenvalue weighted by atomic mass is 9.90. The van der Waals surface area contributed by atoms with Crippen molar-refractivity contribution >= 4 is 27.6 Å². The van der Waals surface area contributed by atoms with E-state index in [2.05, 4.69) is 33.1 Å². The number of ether oxygens (including phenoxy) is 1. The van der Waals surface area contributed by atoms with Gasteiger partial charge in [-0.05, 0) is 60.4 Å². The predicted octanol–water partition coefficient (Wildman–Crippen LogP) is 3.28. The standard InChI is InChI=1S/C16H23BrN2O2/c1-3-19-11-6-9-16(10-12-19,15(20)21-2)18-14-8-5-4-7-13(14)17/h4-5,7-8,18H,3,6,9-12H2,1-2H3. The molecule has 0 aliphatic carbocycles. The monoisotopic (exact) mass is 354 g/mol. The molecule has 4 nitrogen and oxygen atoms in total. The predicted molar refractivity (Wildman–Crippen MR) is 88.5 cm³/mol. The second kappa shape index (κ2) is 7.27. The molecule has 1 unspecified atom stereocenters. The summed E-state index contributed by atoms with van der Waals surface area (Å²) in [7, 11) is 1.47. The third-order valence-corrected chi connectivity index (χ3v) is 4.90. The number of para-hydroxylation sites is 1. The number of benzene rings is 1. The molecule has 1 aliphatic heterocycles. The molecule has 1 aliphatic rings. The van der Waals surface area contributed by atoms with Gasteiger partial charge in [-0.25, -0.2) is 4.79 Å². The lowest BCUT2D eigenvalue weighted by molar-refractivity contribution is -0.146. The molecule has 5 heteroatoms. The van der Waals surface area contributed by atoms with Gasteiger partial charge in [-0.15, -0.1) is 0 Å². The summed E-state index contributed by atoms with van der Waals surface area (Å²) in [6, 6.07) is 7.89. The van der Waals surface area contributed by atoms with Crippen LogP contribution >= 0.6 is 15.9 Å². The van der Waals surface area contributed by atoms with E-state index in [1.54, 1.807) is 0 Å². The third kappa shape index (κ3) is 3.77. The van der Waals surface area contributed by atoms with Gasteiger partial charge in [0.05, 0.1) is 7.11 Å². The van der Waals surface area contributed by atoms with Crippen molar-refractivity contribution in [3.63, 3.8) is 0 Å². The van der Waals surface area contributed by atoms with Crippen molar-refractivity contribution in [2.45, 2.75) is 31.7 Å². The maximum absolute atomic E-state index is 12.4. The molecule has 1 atom stereocenters. The van der Waals surface area contributed by atoms with Gasteiger partial charge in [-0.3, -0.25) is 0 Å². The Hall–Kier alpha value is -1.07. The van der Waals surface area contributed by atoms with E-state index in [0.29, 0.717) is 0 Å². The third-order valence-electron chi connectivity index (χ3n) is 4.20. The fourth-order valence-electron chi connectivity index (χ4n) is 2.90. The van der Waals surface area contributed by atoms with Crippen LogP contribution in [0.25, 0.3) is 0 Å². The minimum absolute atomic E-state index is 0.170. The van der Waals surface area contributed by atoms with Crippen LogP contribution in [0.15, 0.2) is 28.7 Å². The normalized spacial score (nSPS) is 23.4. The van der Waals surface area contributed by atoms with Crippen LogP contribution in [0.5, 0.6) is 0 Å². The van der Waals surface area contributed by atoms with Gasteiger partial charge in [-0.1, -0.05) is 19.1 Å². The van der Waals surface area contributed by atoms with Crippen LogP contribution in [0.3, 0.4) is 0 Å². The summed E-state index contributed by atoms with van der Waals surface area (Å²) in [6.07, 6.45) is 2.53. The summed E-state index contributed by atoms with van der Waals surface area (Å²) in [6.45, 7) is 5.12. The molecule has 1 heterocycles. The first-order valence-corrected chi connectivity index (χ1v) is 8.24. The van der Waals surface area contributed by atoms with Gasteiger partial charge in [0, 0.05) is 16.7 Å². The summed E-state index contributed by atoms with van der Waals surface area (Å²) in [5.74, 6) is -0.170. The summed E-state index contributed by atoms with van der Waals surface area (Å²) < 4.78 is 6.06. The average Bonchev–Trinajstić information content (AvgIpc) is 2.72. The highest BCUT2D eigenvalue weighted by molar-refractivity contribution is 9.10. The van der Waals surface area contributed by atoms with Gasteiger partial charge in [0.15, 0.2) is 0 Å². The number of likely N-dealkylation sites (tertiary alicyclic amines) is 1. The number of nitrogens with one attached hydrogen (secondary N) is 1. The number of carbonyl (C=O) groups excluding carboxylic acids is 1. The van der Waals surface area contributed by atoms with E-state index in [9.17, 15) is 4.79 Å². The molecule has 1 aromatic carbocycles. The van der Waals surface area contributed by atoms with E-state index in [-0.39, 0.29) is 5.97 Å². The molecule has 0 saturated carbocycles. The molecule has 2 rings (SSSR count). The molecule has 1 fully saturated rings. The van der Waals surface area contributed by atoms with E-state index in [1.165, 1.54) is 7.11 Å². The highest BCUT2D eigenvalue weighted by Gasteiger charge is 2.41. The Morgan fingerprint density at radius 2 is 2.14 bits per heavy atom. The van der Waals surface area contributed by atoms with Crippen molar-refractivity contribution < 1.29 is 9.53 Å². The van der Waals surface area contributed by atoms with Gasteiger partial charge in [0.2, 0.25) is 0 Å². The maximum atomic E-state index is 12.4. The second-order valence-corrected chi connectivity index (χ2v) is 6.32. The molecular formula is C16H23BrN2O2. The van der Waals surface area contributed by atoms with Crippen molar-refractivity contribution in [1.29, 1.82) is 0 Å². The van der Waals surface area contributed by atoms with Crippen molar-refractivity contribution in [2.75, 3.05) is 32.1 Å². The van der Waals surface area contributed by atoms with Crippen LogP contribution in [-0.2, 0) is 9.53 Å². The molecule has 0 amide bonds. The van der Waals surface area contributed by atoms with Gasteiger partial charge < -0.3 is 15.0 Å². The van der Waals surface area contributed by atoms with Crippen molar-refractivity contribution in [1.82, 2.24) is 4.90 Å². The number of esters is 1. The van der Waals surface area contributed by atoms with E-state index < -0.39 is 5.54 Å². The molecular weight excluding hydrogens is 332 g/mol. The van der Waals surface area contributed by atoms with Crippen LogP contribution in [0, 0.1) is 0 Å². The number of hydrogen-bond donors (Lipinski definition) is 1. The largest absolute Gasteiger partial charge is 0.467 e. The second-order valence-electron chi connectivity index (χ2n) is 5.47. The number of anilines is 1. The first-order valence-electron chi connectivity index (χ1n) is 7.45. The van der Waals surface area contributed by atoms with E-state index in [0.717, 1.165) is 49.1 Å². The average molecular weight is 355 g/mol. The molecule has 0 bridgehead atoms. The summed E-state index contributed by atoms with van der Waals surface area (Å²) in [4.78, 5) is 14.8. The van der Waals surface area contributed by atoms with E-state index >= 15 is 0 Å². The fourth-order valence-corrected chi connectivity index (χ4v) is 3.29. The summed E-state index contributed by atoms with van der Waals surface area (Å²) in [5, 5.41) is 3.45. The molecule has 21 heavy (non-hydrogen) atoms. The first kappa shape index (κ1) is 16.3. The number of nitrogens with zero attached hydrogens (tertiary/aromatic N) is 1. The van der Waals surface area contributed by atoms with Crippen LogP contribution in [0.2, 0.25) is 0 Å². The molecule has 1 aromatic rings. The Morgan fingerprint density at radius 1 is 1.38 bits per heavy atom. The molecule has 1 saturated heterocycles. The van der Waals surface area contributed by atoms with Crippen LogP contribution in [0.1, 0.15) is 26.2 Å². The Morgan fingerprint density at radius 3 is 2.81 bits per heavy atom. The van der Waals surface area contributed by atoms with Gasteiger partial charge >= 0.3 is 5.97 Å². The number of carbonyl (C=O) groups is 1. The topological polar surface area (TPSA) is 41.6 Å². The quantitative estimate of drug-likeness (QED) is 0.842. The molecule has 0 aromatic heterocycles. The zero-order valence-corrected chi connectivity index (χ0v) is 14.3. The lowest BCUT2D eigenvalue weighted by Crippen LogP contribution is -2.48. The number of rotatable bonds is 4.